The zero-order valence-electron chi connectivity index (χ0n) is 19.4. The van der Waals surface area contributed by atoms with Crippen molar-refractivity contribution >= 4 is 27.2 Å². The van der Waals surface area contributed by atoms with Crippen LogP contribution in [0.4, 0.5) is 11.4 Å². The Morgan fingerprint density at radius 2 is 1.34 bits per heavy atom. The number of non-ortho nitro benzene ring substituents is 2. The van der Waals surface area contributed by atoms with Gasteiger partial charge in [-0.25, -0.2) is 13.2 Å². The highest BCUT2D eigenvalue weighted by molar-refractivity contribution is 7.91. The fraction of sp³-hybridized carbons (Fsp3) is 0.0385. The molecule has 0 aliphatic carbocycles. The average molecular weight is 535 g/mol. The van der Waals surface area contributed by atoms with E-state index in [0.29, 0.717) is 17.1 Å². The van der Waals surface area contributed by atoms with Gasteiger partial charge in [0.05, 0.1) is 25.2 Å². The molecule has 0 atom stereocenters. The highest BCUT2D eigenvalue weighted by atomic mass is 32.2. The van der Waals surface area contributed by atoms with Crippen LogP contribution < -0.4 is 4.74 Å². The van der Waals surface area contributed by atoms with Gasteiger partial charge in [0.2, 0.25) is 9.84 Å². The van der Waals surface area contributed by atoms with E-state index in [1.54, 1.807) is 24.3 Å². The first kappa shape index (κ1) is 26.0. The maximum atomic E-state index is 13.2. The number of carbonyl (C=O) groups excluding carboxylic acids is 1. The minimum absolute atomic E-state index is 0.0751. The monoisotopic (exact) mass is 534 g/mol. The molecule has 0 heterocycles. The molecule has 0 amide bonds. The van der Waals surface area contributed by atoms with E-state index in [0.717, 1.165) is 24.3 Å². The number of esters is 1. The third-order valence-corrected chi connectivity index (χ3v) is 7.13. The van der Waals surface area contributed by atoms with Crippen LogP contribution in [0.15, 0.2) is 107 Å². The summed E-state index contributed by atoms with van der Waals surface area (Å²) in [5.41, 5.74) is 0.0166. The Morgan fingerprint density at radius 3 is 1.97 bits per heavy atom. The molecule has 4 aromatic carbocycles. The van der Waals surface area contributed by atoms with Gasteiger partial charge in [-0.1, -0.05) is 24.3 Å². The van der Waals surface area contributed by atoms with E-state index < -0.39 is 25.7 Å². The standard InChI is InChI=1S/C26H18N2O9S/c29-26(24-6-1-2-7-25(24)38(34,35)23-14-10-20(11-15-23)28(32)33)36-17-18-4-3-5-22(16-18)37-21-12-8-19(9-13-21)27(30)31/h1-16H,17H2. The van der Waals surface area contributed by atoms with Crippen molar-refractivity contribution in [2.45, 2.75) is 16.4 Å². The molecular formula is C26H18N2O9S. The van der Waals surface area contributed by atoms with Gasteiger partial charge in [0.25, 0.3) is 11.4 Å². The molecule has 0 radical (unpaired) electrons. The maximum absolute atomic E-state index is 13.2. The van der Waals surface area contributed by atoms with Crippen LogP contribution in [-0.2, 0) is 21.2 Å². The topological polar surface area (TPSA) is 156 Å². The molecule has 192 valence electrons. The Hall–Kier alpha value is -5.10. The van der Waals surface area contributed by atoms with E-state index in [2.05, 4.69) is 0 Å². The fourth-order valence-corrected chi connectivity index (χ4v) is 4.89. The lowest BCUT2D eigenvalue weighted by atomic mass is 10.2. The molecule has 0 aliphatic heterocycles. The molecule has 38 heavy (non-hydrogen) atoms. The summed E-state index contributed by atoms with van der Waals surface area (Å²) in [5, 5.41) is 21.7. The fourth-order valence-electron chi connectivity index (χ4n) is 3.44. The van der Waals surface area contributed by atoms with Gasteiger partial charge < -0.3 is 9.47 Å². The Balaban J connectivity index is 1.48. The Bertz CT molecular complexity index is 1620. The maximum Gasteiger partial charge on any atom is 0.339 e. The number of benzene rings is 4. The average Bonchev–Trinajstić information content (AvgIpc) is 2.92. The van der Waals surface area contributed by atoms with E-state index in [1.807, 2.05) is 0 Å². The van der Waals surface area contributed by atoms with Gasteiger partial charge >= 0.3 is 5.97 Å². The number of nitrogens with zero attached hydrogens (tertiary/aromatic N) is 2. The molecule has 0 saturated heterocycles. The highest BCUT2D eigenvalue weighted by Gasteiger charge is 2.25. The molecule has 4 aromatic rings. The number of nitro benzene ring substituents is 2. The molecular weight excluding hydrogens is 516 g/mol. The Kier molecular flexibility index (Phi) is 7.44. The minimum Gasteiger partial charge on any atom is -0.457 e. The SMILES string of the molecule is O=C(OCc1cccc(Oc2ccc([N+](=O)[O-])cc2)c1)c1ccccc1S(=O)(=O)c1ccc([N+](=O)[O-])cc1. The molecule has 0 spiro atoms. The smallest absolute Gasteiger partial charge is 0.339 e. The Morgan fingerprint density at radius 1 is 0.737 bits per heavy atom. The second-order valence-corrected chi connectivity index (χ2v) is 9.75. The van der Waals surface area contributed by atoms with Crippen LogP contribution in [0.25, 0.3) is 0 Å². The highest BCUT2D eigenvalue weighted by Crippen LogP contribution is 2.28. The van der Waals surface area contributed by atoms with Crippen molar-refractivity contribution in [2.75, 3.05) is 0 Å². The zero-order chi connectivity index (χ0) is 27.3. The summed E-state index contributed by atoms with van der Waals surface area (Å²) in [7, 11) is -4.18. The lowest BCUT2D eigenvalue weighted by molar-refractivity contribution is -0.385. The summed E-state index contributed by atoms with van der Waals surface area (Å²) < 4.78 is 37.4. The number of nitro groups is 2. The van der Waals surface area contributed by atoms with Crippen LogP contribution in [0.5, 0.6) is 11.5 Å². The van der Waals surface area contributed by atoms with Crippen LogP contribution in [0.1, 0.15) is 15.9 Å². The number of sulfone groups is 1. The van der Waals surface area contributed by atoms with Crippen LogP contribution >= 0.6 is 0 Å². The zero-order valence-corrected chi connectivity index (χ0v) is 20.2. The third-order valence-electron chi connectivity index (χ3n) is 5.31. The Labute approximate surface area is 216 Å². The molecule has 0 fully saturated rings. The van der Waals surface area contributed by atoms with Crippen molar-refractivity contribution in [1.82, 2.24) is 0 Å². The summed E-state index contributed by atoms with van der Waals surface area (Å²) >= 11 is 0. The van der Waals surface area contributed by atoms with Gasteiger partial charge in [0.1, 0.15) is 18.1 Å². The van der Waals surface area contributed by atoms with Crippen molar-refractivity contribution in [2.24, 2.45) is 0 Å². The number of hydrogen-bond acceptors (Lipinski definition) is 9. The second kappa shape index (κ2) is 10.9. The molecule has 0 bridgehead atoms. The largest absolute Gasteiger partial charge is 0.457 e. The van der Waals surface area contributed by atoms with Crippen molar-refractivity contribution in [3.05, 3.63) is 128 Å². The molecule has 0 N–H and O–H groups in total. The lowest BCUT2D eigenvalue weighted by Gasteiger charge is -2.11. The summed E-state index contributed by atoms with van der Waals surface area (Å²) in [4.78, 5) is 32.9. The molecule has 0 saturated carbocycles. The second-order valence-electron chi connectivity index (χ2n) is 7.83. The summed E-state index contributed by atoms with van der Waals surface area (Å²) in [6, 6.07) is 22.0. The number of ether oxygens (including phenoxy) is 2. The quantitative estimate of drug-likeness (QED) is 0.154. The van der Waals surface area contributed by atoms with Crippen LogP contribution in [0.2, 0.25) is 0 Å². The first-order valence-corrected chi connectivity index (χ1v) is 12.4. The van der Waals surface area contributed by atoms with Crippen molar-refractivity contribution in [3.8, 4) is 11.5 Å². The van der Waals surface area contributed by atoms with Crippen molar-refractivity contribution in [3.63, 3.8) is 0 Å². The third kappa shape index (κ3) is 5.82. The lowest BCUT2D eigenvalue weighted by Crippen LogP contribution is -2.12. The molecule has 4 rings (SSSR count). The molecule has 0 unspecified atom stereocenters. The predicted molar refractivity (Wildman–Crippen MR) is 134 cm³/mol. The van der Waals surface area contributed by atoms with Gasteiger partial charge in [-0.3, -0.25) is 20.2 Å². The molecule has 0 aromatic heterocycles. The first-order valence-electron chi connectivity index (χ1n) is 10.9. The molecule has 11 nitrogen and oxygen atoms in total. The van der Waals surface area contributed by atoms with E-state index in [1.165, 1.54) is 48.5 Å². The van der Waals surface area contributed by atoms with Crippen LogP contribution in [0, 0.1) is 20.2 Å². The predicted octanol–water partition coefficient (Wildman–Crippen LogP) is 5.49. The molecule has 0 aliphatic rings. The summed E-state index contributed by atoms with van der Waals surface area (Å²) in [6.45, 7) is -0.192. The van der Waals surface area contributed by atoms with Gasteiger partial charge in [-0.2, -0.15) is 0 Å². The van der Waals surface area contributed by atoms with Gasteiger partial charge in [0, 0.05) is 24.3 Å². The number of carbonyl (C=O) groups is 1. The van der Waals surface area contributed by atoms with E-state index in [4.69, 9.17) is 9.47 Å². The number of rotatable bonds is 9. The normalized spacial score (nSPS) is 10.9. The first-order chi connectivity index (χ1) is 18.1. The summed E-state index contributed by atoms with van der Waals surface area (Å²) in [5.74, 6) is -0.114. The van der Waals surface area contributed by atoms with Gasteiger partial charge in [0.15, 0.2) is 0 Å². The van der Waals surface area contributed by atoms with Gasteiger partial charge in [-0.05, 0) is 54.1 Å². The molecule has 12 heteroatoms. The van der Waals surface area contributed by atoms with Crippen LogP contribution in [-0.4, -0.2) is 24.2 Å². The summed E-state index contributed by atoms with van der Waals surface area (Å²) in [6.07, 6.45) is 0. The van der Waals surface area contributed by atoms with Gasteiger partial charge in [-0.15, -0.1) is 0 Å². The van der Waals surface area contributed by atoms with E-state index in [-0.39, 0.29) is 33.3 Å². The van der Waals surface area contributed by atoms with E-state index in [9.17, 15) is 33.4 Å². The van der Waals surface area contributed by atoms with Crippen molar-refractivity contribution < 1.29 is 32.5 Å². The minimum atomic E-state index is -4.18. The van der Waals surface area contributed by atoms with E-state index >= 15 is 0 Å². The number of hydrogen-bond donors (Lipinski definition) is 0. The van der Waals surface area contributed by atoms with Crippen LogP contribution in [0.3, 0.4) is 0 Å². The van der Waals surface area contributed by atoms with Crippen molar-refractivity contribution in [1.29, 1.82) is 0 Å².